The van der Waals surface area contributed by atoms with E-state index in [0.29, 0.717) is 13.1 Å². The first-order chi connectivity index (χ1) is 13.4. The predicted molar refractivity (Wildman–Crippen MR) is 102 cm³/mol. The lowest BCUT2D eigenvalue weighted by Gasteiger charge is -2.27. The number of fused-ring (bicyclic) bond motifs is 1. The van der Waals surface area contributed by atoms with Crippen LogP contribution in [0, 0.1) is 5.82 Å². The lowest BCUT2D eigenvalue weighted by atomic mass is 9.92. The van der Waals surface area contributed by atoms with Gasteiger partial charge in [0.2, 0.25) is 11.6 Å². The lowest BCUT2D eigenvalue weighted by Crippen LogP contribution is -2.36. The number of hydrogen-bond acceptors (Lipinski definition) is 5. The summed E-state index contributed by atoms with van der Waals surface area (Å²) in [5.74, 6) is -1.71. The number of Topliss-reactive ketones (excluding diaryl/α,β-unsaturated/α-hetero) is 2. The third-order valence-corrected chi connectivity index (χ3v) is 6.26. The monoisotopic (exact) mass is 400 g/mol. The normalized spacial score (nSPS) is 17.1. The topological polar surface area (TPSA) is 83.6 Å². The first kappa shape index (κ1) is 18.4. The Morgan fingerprint density at radius 3 is 2.04 bits per heavy atom. The van der Waals surface area contributed by atoms with E-state index in [2.05, 4.69) is 4.72 Å². The maximum absolute atomic E-state index is 13.1. The zero-order valence-corrected chi connectivity index (χ0v) is 15.6. The van der Waals surface area contributed by atoms with Crippen LogP contribution in [0.15, 0.2) is 59.1 Å². The Kier molecular flexibility index (Phi) is 4.50. The fourth-order valence-electron chi connectivity index (χ4n) is 3.54. The molecule has 1 heterocycles. The molecule has 28 heavy (non-hydrogen) atoms. The van der Waals surface area contributed by atoms with Gasteiger partial charge in [-0.3, -0.25) is 14.3 Å². The summed E-state index contributed by atoms with van der Waals surface area (Å²) in [5.41, 5.74) is 0.287. The molecule has 0 unspecified atom stereocenters. The summed E-state index contributed by atoms with van der Waals surface area (Å²) in [5, 5.41) is 0. The number of nitrogens with zero attached hydrogens (tertiary/aromatic N) is 1. The van der Waals surface area contributed by atoms with Gasteiger partial charge in [0.1, 0.15) is 11.5 Å². The molecule has 4 rings (SSSR count). The van der Waals surface area contributed by atoms with Gasteiger partial charge in [-0.25, -0.2) is 12.8 Å². The van der Waals surface area contributed by atoms with Crippen molar-refractivity contribution in [2.24, 2.45) is 0 Å². The average Bonchev–Trinajstić information content (AvgIpc) is 3.20. The standard InChI is InChI=1S/C20H17FN2O4S/c21-13-7-9-14(10-8-13)22-28(26,27)20-17(23-11-3-4-12-23)18(24)15-5-1-2-6-16(15)19(20)25/h1-2,5-10,22H,3-4,11-12H2. The maximum atomic E-state index is 13.1. The van der Waals surface area contributed by atoms with Gasteiger partial charge in [0.15, 0.2) is 4.91 Å². The summed E-state index contributed by atoms with van der Waals surface area (Å²) in [4.78, 5) is 27.3. The first-order valence-electron chi connectivity index (χ1n) is 8.84. The number of halogens is 1. The Hall–Kier alpha value is -3.00. The predicted octanol–water partition coefficient (Wildman–Crippen LogP) is 2.95. The van der Waals surface area contributed by atoms with E-state index in [9.17, 15) is 22.4 Å². The van der Waals surface area contributed by atoms with Crippen molar-refractivity contribution in [2.75, 3.05) is 17.8 Å². The van der Waals surface area contributed by atoms with E-state index < -0.39 is 32.3 Å². The van der Waals surface area contributed by atoms with Crippen LogP contribution in [0.2, 0.25) is 0 Å². The molecule has 0 saturated carbocycles. The second kappa shape index (κ2) is 6.87. The second-order valence-electron chi connectivity index (χ2n) is 6.69. The highest BCUT2D eigenvalue weighted by Gasteiger charge is 2.41. The van der Waals surface area contributed by atoms with Crippen LogP contribution in [-0.4, -0.2) is 38.0 Å². The molecule has 1 aliphatic carbocycles. The quantitative estimate of drug-likeness (QED) is 0.853. The summed E-state index contributed by atoms with van der Waals surface area (Å²) in [6.07, 6.45) is 1.62. The van der Waals surface area contributed by atoms with Gasteiger partial charge in [0.05, 0.1) is 0 Å². The number of carbonyl (C=O) groups excluding carboxylic acids is 2. The van der Waals surface area contributed by atoms with Crippen molar-refractivity contribution in [3.05, 3.63) is 76.1 Å². The number of rotatable bonds is 4. The number of benzene rings is 2. The van der Waals surface area contributed by atoms with Crippen LogP contribution in [0.25, 0.3) is 0 Å². The van der Waals surface area contributed by atoms with Crippen molar-refractivity contribution >= 4 is 27.3 Å². The van der Waals surface area contributed by atoms with Crippen molar-refractivity contribution in [3.63, 3.8) is 0 Å². The highest BCUT2D eigenvalue weighted by molar-refractivity contribution is 7.97. The third kappa shape index (κ3) is 3.09. The van der Waals surface area contributed by atoms with E-state index in [1.807, 2.05) is 0 Å². The number of ketones is 2. The van der Waals surface area contributed by atoms with Crippen molar-refractivity contribution in [1.29, 1.82) is 0 Å². The van der Waals surface area contributed by atoms with Gasteiger partial charge in [-0.1, -0.05) is 24.3 Å². The van der Waals surface area contributed by atoms with Crippen LogP contribution < -0.4 is 4.72 Å². The molecular weight excluding hydrogens is 383 g/mol. The molecule has 0 spiro atoms. The Bertz CT molecular complexity index is 1100. The highest BCUT2D eigenvalue weighted by atomic mass is 32.2. The number of carbonyl (C=O) groups is 2. The van der Waals surface area contributed by atoms with Crippen LogP contribution in [-0.2, 0) is 10.0 Å². The van der Waals surface area contributed by atoms with Crippen molar-refractivity contribution in [1.82, 2.24) is 4.90 Å². The molecule has 144 valence electrons. The molecule has 8 heteroatoms. The van der Waals surface area contributed by atoms with Crippen LogP contribution in [0.5, 0.6) is 0 Å². The number of likely N-dealkylation sites (tertiary alicyclic amines) is 1. The summed E-state index contributed by atoms with van der Waals surface area (Å²) in [7, 11) is -4.37. The van der Waals surface area contributed by atoms with Gasteiger partial charge in [0.25, 0.3) is 10.0 Å². The van der Waals surface area contributed by atoms with Gasteiger partial charge in [-0.15, -0.1) is 0 Å². The summed E-state index contributed by atoms with van der Waals surface area (Å²) >= 11 is 0. The van der Waals surface area contributed by atoms with E-state index in [0.717, 1.165) is 25.0 Å². The lowest BCUT2D eigenvalue weighted by molar-refractivity contribution is 0.0953. The third-order valence-electron chi connectivity index (χ3n) is 4.84. The minimum absolute atomic E-state index is 0.0647. The molecule has 1 fully saturated rings. The minimum atomic E-state index is -4.37. The molecule has 0 amide bonds. The van der Waals surface area contributed by atoms with Crippen LogP contribution in [0.1, 0.15) is 33.6 Å². The molecule has 0 aromatic heterocycles. The molecule has 1 saturated heterocycles. The first-order valence-corrected chi connectivity index (χ1v) is 10.3. The van der Waals surface area contributed by atoms with E-state index in [-0.39, 0.29) is 22.5 Å². The minimum Gasteiger partial charge on any atom is -0.367 e. The second-order valence-corrected chi connectivity index (χ2v) is 8.31. The SMILES string of the molecule is O=C1C(N2CCCC2)=C(S(=O)(=O)Nc2ccc(F)cc2)C(=O)c2ccccc21. The Morgan fingerprint density at radius 1 is 0.857 bits per heavy atom. The maximum Gasteiger partial charge on any atom is 0.268 e. The zero-order valence-electron chi connectivity index (χ0n) is 14.8. The van der Waals surface area contributed by atoms with Crippen LogP contribution in [0.3, 0.4) is 0 Å². The van der Waals surface area contributed by atoms with Gasteiger partial charge in [-0.2, -0.15) is 0 Å². The molecule has 6 nitrogen and oxygen atoms in total. The molecule has 2 aromatic carbocycles. The van der Waals surface area contributed by atoms with E-state index >= 15 is 0 Å². The highest BCUT2D eigenvalue weighted by Crippen LogP contribution is 2.33. The number of allylic oxidation sites excluding steroid dienone is 2. The summed E-state index contributed by atoms with van der Waals surface area (Å²) < 4.78 is 41.6. The molecular formula is C20H17FN2O4S. The average molecular weight is 400 g/mol. The molecule has 2 aliphatic rings. The smallest absolute Gasteiger partial charge is 0.268 e. The van der Waals surface area contributed by atoms with Gasteiger partial charge >= 0.3 is 0 Å². The number of hydrogen-bond donors (Lipinski definition) is 1. The molecule has 2 aromatic rings. The number of sulfonamides is 1. The van der Waals surface area contributed by atoms with E-state index in [1.165, 1.54) is 24.3 Å². The molecule has 0 radical (unpaired) electrons. The fraction of sp³-hybridized carbons (Fsp3) is 0.200. The largest absolute Gasteiger partial charge is 0.367 e. The number of nitrogens with one attached hydrogen (secondary N) is 1. The van der Waals surface area contributed by atoms with Gasteiger partial charge in [-0.05, 0) is 37.1 Å². The van der Waals surface area contributed by atoms with Crippen molar-refractivity contribution < 1.29 is 22.4 Å². The molecule has 0 bridgehead atoms. The van der Waals surface area contributed by atoms with Crippen LogP contribution >= 0.6 is 0 Å². The Labute approximate surface area is 161 Å². The van der Waals surface area contributed by atoms with E-state index in [4.69, 9.17) is 0 Å². The molecule has 1 N–H and O–H groups in total. The van der Waals surface area contributed by atoms with Crippen LogP contribution in [0.4, 0.5) is 10.1 Å². The van der Waals surface area contributed by atoms with Crippen molar-refractivity contribution in [3.8, 4) is 0 Å². The summed E-state index contributed by atoms with van der Waals surface area (Å²) in [6.45, 7) is 1.01. The molecule has 1 aliphatic heterocycles. The number of anilines is 1. The summed E-state index contributed by atoms with van der Waals surface area (Å²) in [6, 6.07) is 10.9. The van der Waals surface area contributed by atoms with E-state index in [1.54, 1.807) is 17.0 Å². The van der Waals surface area contributed by atoms with Gasteiger partial charge < -0.3 is 4.90 Å². The Balaban J connectivity index is 1.86. The zero-order chi connectivity index (χ0) is 19.9. The van der Waals surface area contributed by atoms with Gasteiger partial charge in [0, 0.05) is 29.9 Å². The molecule has 0 atom stereocenters. The fourth-order valence-corrected chi connectivity index (χ4v) is 4.92. The Morgan fingerprint density at radius 2 is 1.43 bits per heavy atom. The van der Waals surface area contributed by atoms with Crippen molar-refractivity contribution in [2.45, 2.75) is 12.8 Å².